The van der Waals surface area contributed by atoms with Crippen molar-refractivity contribution in [3.63, 3.8) is 0 Å². The van der Waals surface area contributed by atoms with E-state index in [1.165, 1.54) is 46.6 Å². The van der Waals surface area contributed by atoms with Crippen LogP contribution in [0.3, 0.4) is 0 Å². The fourth-order valence-electron chi connectivity index (χ4n) is 2.66. The van der Waals surface area contributed by atoms with Crippen molar-refractivity contribution in [2.24, 2.45) is 0 Å². The molecule has 8 heteroatoms. The van der Waals surface area contributed by atoms with E-state index in [2.05, 4.69) is 10.1 Å². The number of esters is 2. The lowest BCUT2D eigenvalue weighted by Crippen LogP contribution is -2.17. The summed E-state index contributed by atoms with van der Waals surface area (Å²) in [5, 5.41) is 2.64. The van der Waals surface area contributed by atoms with Crippen LogP contribution >= 0.6 is 0 Å². The van der Waals surface area contributed by atoms with E-state index in [1.54, 1.807) is 31.2 Å². The Labute approximate surface area is 174 Å². The second-order valence-electron chi connectivity index (χ2n) is 6.14. The molecule has 8 nitrogen and oxygen atoms in total. The van der Waals surface area contributed by atoms with Crippen LogP contribution < -0.4 is 14.8 Å². The van der Waals surface area contributed by atoms with Gasteiger partial charge in [-0.25, -0.2) is 9.59 Å². The van der Waals surface area contributed by atoms with Gasteiger partial charge in [0.2, 0.25) is 0 Å². The van der Waals surface area contributed by atoms with Crippen LogP contribution in [0.2, 0.25) is 0 Å². The zero-order chi connectivity index (χ0) is 22.3. The quantitative estimate of drug-likeness (QED) is 0.549. The first-order chi connectivity index (χ1) is 14.3. The van der Waals surface area contributed by atoms with Crippen LogP contribution in [0.25, 0.3) is 6.08 Å². The fraction of sp³-hybridized carbons (Fsp3) is 0.227. The molecule has 0 heterocycles. The number of methoxy groups -OCH3 is 4. The van der Waals surface area contributed by atoms with Gasteiger partial charge in [-0.1, -0.05) is 6.07 Å². The summed E-state index contributed by atoms with van der Waals surface area (Å²) in [5.74, 6) is -0.614. The summed E-state index contributed by atoms with van der Waals surface area (Å²) in [4.78, 5) is 36.5. The van der Waals surface area contributed by atoms with Gasteiger partial charge in [-0.15, -0.1) is 0 Å². The van der Waals surface area contributed by atoms with Gasteiger partial charge in [-0.3, -0.25) is 4.79 Å². The zero-order valence-electron chi connectivity index (χ0n) is 17.4. The highest BCUT2D eigenvalue weighted by atomic mass is 16.5. The molecule has 2 aromatic rings. The first-order valence-electron chi connectivity index (χ1n) is 8.87. The van der Waals surface area contributed by atoms with Gasteiger partial charge >= 0.3 is 11.9 Å². The van der Waals surface area contributed by atoms with Crippen LogP contribution in [-0.2, 0) is 14.3 Å². The van der Waals surface area contributed by atoms with Crippen molar-refractivity contribution in [2.75, 3.05) is 33.8 Å². The van der Waals surface area contributed by atoms with Gasteiger partial charge in [-0.2, -0.15) is 0 Å². The average molecular weight is 413 g/mol. The van der Waals surface area contributed by atoms with Gasteiger partial charge in [0, 0.05) is 5.57 Å². The van der Waals surface area contributed by atoms with Crippen LogP contribution in [0.1, 0.15) is 33.2 Å². The average Bonchev–Trinajstić information content (AvgIpc) is 2.77. The van der Waals surface area contributed by atoms with Gasteiger partial charge in [0.15, 0.2) is 11.5 Å². The lowest BCUT2D eigenvalue weighted by molar-refractivity contribution is -0.112. The van der Waals surface area contributed by atoms with E-state index < -0.39 is 17.8 Å². The van der Waals surface area contributed by atoms with Crippen molar-refractivity contribution in [1.29, 1.82) is 0 Å². The predicted octanol–water partition coefficient (Wildman–Crippen LogP) is 3.32. The molecular weight excluding hydrogens is 390 g/mol. The van der Waals surface area contributed by atoms with Crippen LogP contribution in [-0.4, -0.2) is 46.3 Å². The van der Waals surface area contributed by atoms with E-state index in [-0.39, 0.29) is 16.8 Å². The molecular formula is C22H23NO7. The van der Waals surface area contributed by atoms with Gasteiger partial charge in [0.1, 0.15) is 0 Å². The summed E-state index contributed by atoms with van der Waals surface area (Å²) in [6, 6.07) is 9.40. The Morgan fingerprint density at radius 3 is 2.10 bits per heavy atom. The molecule has 2 aromatic carbocycles. The molecule has 0 saturated carbocycles. The topological polar surface area (TPSA) is 100 Å². The molecule has 0 aliphatic rings. The first-order valence-corrected chi connectivity index (χ1v) is 8.87. The first kappa shape index (κ1) is 22.5. The van der Waals surface area contributed by atoms with Gasteiger partial charge < -0.3 is 24.3 Å². The van der Waals surface area contributed by atoms with Gasteiger partial charge in [-0.05, 0) is 48.9 Å². The van der Waals surface area contributed by atoms with E-state index in [9.17, 15) is 14.4 Å². The SMILES string of the molecule is COC(=O)c1ccc(C(=O)OC)c(NC(=O)/C(C)=C/c2ccc(OC)c(OC)c2)c1. The van der Waals surface area contributed by atoms with Crippen molar-refractivity contribution in [1.82, 2.24) is 0 Å². The Kier molecular flexibility index (Phi) is 7.57. The molecule has 1 amide bonds. The van der Waals surface area contributed by atoms with Gasteiger partial charge in [0.05, 0.1) is 45.3 Å². The molecule has 0 aliphatic carbocycles. The largest absolute Gasteiger partial charge is 0.493 e. The molecule has 0 bridgehead atoms. The molecule has 0 atom stereocenters. The number of carbonyl (C=O) groups excluding carboxylic acids is 3. The number of benzene rings is 2. The maximum atomic E-state index is 12.7. The fourth-order valence-corrected chi connectivity index (χ4v) is 2.66. The van der Waals surface area contributed by atoms with Crippen LogP contribution in [0.5, 0.6) is 11.5 Å². The monoisotopic (exact) mass is 413 g/mol. The Hall–Kier alpha value is -3.81. The summed E-state index contributed by atoms with van der Waals surface area (Å²) in [7, 11) is 5.52. The number of rotatable bonds is 7. The number of nitrogens with one attached hydrogen (secondary N) is 1. The van der Waals surface area contributed by atoms with Crippen molar-refractivity contribution in [3.05, 3.63) is 58.7 Å². The Morgan fingerprint density at radius 1 is 0.833 bits per heavy atom. The minimum atomic E-state index is -0.650. The Bertz CT molecular complexity index is 995. The molecule has 158 valence electrons. The third-order valence-electron chi connectivity index (χ3n) is 4.24. The second kappa shape index (κ2) is 10.1. The number of carbonyl (C=O) groups is 3. The van der Waals surface area contributed by atoms with E-state index >= 15 is 0 Å². The number of amides is 1. The third-order valence-corrected chi connectivity index (χ3v) is 4.24. The zero-order valence-corrected chi connectivity index (χ0v) is 17.4. The second-order valence-corrected chi connectivity index (χ2v) is 6.14. The highest BCUT2D eigenvalue weighted by Gasteiger charge is 2.18. The number of hydrogen-bond acceptors (Lipinski definition) is 7. The highest BCUT2D eigenvalue weighted by Crippen LogP contribution is 2.28. The smallest absolute Gasteiger partial charge is 0.339 e. The van der Waals surface area contributed by atoms with E-state index in [4.69, 9.17) is 14.2 Å². The summed E-state index contributed by atoms with van der Waals surface area (Å²) < 4.78 is 19.9. The summed E-state index contributed by atoms with van der Waals surface area (Å²) >= 11 is 0. The molecule has 0 radical (unpaired) electrons. The minimum absolute atomic E-state index is 0.109. The number of anilines is 1. The Balaban J connectivity index is 2.34. The lowest BCUT2D eigenvalue weighted by Gasteiger charge is -2.12. The van der Waals surface area contributed by atoms with Crippen molar-refractivity contribution in [3.8, 4) is 11.5 Å². The Morgan fingerprint density at radius 2 is 1.50 bits per heavy atom. The van der Waals surface area contributed by atoms with Gasteiger partial charge in [0.25, 0.3) is 5.91 Å². The highest BCUT2D eigenvalue weighted by molar-refractivity contribution is 6.10. The molecule has 0 fully saturated rings. The van der Waals surface area contributed by atoms with Crippen LogP contribution in [0.4, 0.5) is 5.69 Å². The van der Waals surface area contributed by atoms with E-state index in [0.29, 0.717) is 17.1 Å². The van der Waals surface area contributed by atoms with Crippen molar-refractivity contribution >= 4 is 29.6 Å². The minimum Gasteiger partial charge on any atom is -0.493 e. The van der Waals surface area contributed by atoms with Crippen molar-refractivity contribution < 1.29 is 33.3 Å². The lowest BCUT2D eigenvalue weighted by atomic mass is 10.1. The summed E-state index contributed by atoms with van der Waals surface area (Å²) in [6.07, 6.45) is 1.65. The molecule has 2 rings (SSSR count). The van der Waals surface area contributed by atoms with Crippen molar-refractivity contribution in [2.45, 2.75) is 6.92 Å². The van der Waals surface area contributed by atoms with Crippen LogP contribution in [0, 0.1) is 0 Å². The molecule has 0 saturated heterocycles. The van der Waals surface area contributed by atoms with E-state index in [0.717, 1.165) is 5.56 Å². The molecule has 0 unspecified atom stereocenters. The molecule has 0 spiro atoms. The maximum Gasteiger partial charge on any atom is 0.339 e. The summed E-state index contributed by atoms with van der Waals surface area (Å²) in [5.41, 5.74) is 1.51. The number of ether oxygens (including phenoxy) is 4. The maximum absolute atomic E-state index is 12.7. The molecule has 1 N–H and O–H groups in total. The molecule has 0 aromatic heterocycles. The predicted molar refractivity (Wildman–Crippen MR) is 111 cm³/mol. The van der Waals surface area contributed by atoms with E-state index in [1.807, 2.05) is 0 Å². The molecule has 0 aliphatic heterocycles. The van der Waals surface area contributed by atoms with Crippen LogP contribution in [0.15, 0.2) is 42.0 Å². The standard InChI is InChI=1S/C22H23NO7/c1-13(10-14-6-9-18(27-2)19(11-14)28-3)20(24)23-17-12-15(21(25)29-4)7-8-16(17)22(26)30-5/h6-12H,1-5H3,(H,23,24)/b13-10+. The third kappa shape index (κ3) is 5.16. The summed E-state index contributed by atoms with van der Waals surface area (Å²) in [6.45, 7) is 1.62. The molecule has 30 heavy (non-hydrogen) atoms. The normalized spacial score (nSPS) is 10.8. The number of hydrogen-bond donors (Lipinski definition) is 1.